The second-order valence-electron chi connectivity index (χ2n) is 6.61. The molecule has 2 amide bonds. The van der Waals surface area contributed by atoms with E-state index in [4.69, 9.17) is 0 Å². The maximum atomic E-state index is 12.3. The second kappa shape index (κ2) is 8.93. The number of hydrogen-bond donors (Lipinski definition) is 2. The zero-order valence-corrected chi connectivity index (χ0v) is 17.1. The molecule has 2 aromatic carbocycles. The molecule has 0 saturated heterocycles. The molecule has 146 valence electrons. The number of rotatable bonds is 6. The molecule has 0 saturated carbocycles. The van der Waals surface area contributed by atoms with Gasteiger partial charge in [-0.25, -0.2) is 4.98 Å². The quantitative estimate of drug-likeness (QED) is 0.496. The van der Waals surface area contributed by atoms with E-state index in [-0.39, 0.29) is 24.1 Å². The summed E-state index contributed by atoms with van der Waals surface area (Å²) in [6.07, 6.45) is 0.723. The Morgan fingerprint density at radius 2 is 1.82 bits per heavy atom. The van der Waals surface area contributed by atoms with Gasteiger partial charge < -0.3 is 4.57 Å². The number of hydrazine groups is 1. The van der Waals surface area contributed by atoms with Crippen LogP contribution in [0.2, 0.25) is 0 Å². The topological polar surface area (TPSA) is 76.0 Å². The summed E-state index contributed by atoms with van der Waals surface area (Å²) in [6, 6.07) is 13.9. The lowest BCUT2D eigenvalue weighted by atomic mass is 10.2. The number of aromatic nitrogens is 2. The van der Waals surface area contributed by atoms with Crippen molar-refractivity contribution in [2.45, 2.75) is 38.6 Å². The predicted molar refractivity (Wildman–Crippen MR) is 112 cm³/mol. The molecule has 0 fully saturated rings. The molecule has 0 aliphatic rings. The highest BCUT2D eigenvalue weighted by Gasteiger charge is 2.13. The van der Waals surface area contributed by atoms with E-state index < -0.39 is 0 Å². The molecule has 1 heterocycles. The van der Waals surface area contributed by atoms with Crippen LogP contribution in [-0.4, -0.2) is 27.1 Å². The smallest absolute Gasteiger partial charge is 0.258 e. The number of imidazole rings is 1. The average molecular weight is 397 g/mol. The standard InChI is InChI=1S/C21H24N4O2S/c1-4-19-22-16-7-5-6-8-17(16)25(19)12-20(26)23-24-21(27)13-28-18-11-14(2)9-10-15(18)3/h5-11H,4,12-13H2,1-3H3,(H,23,26)(H,24,27). The van der Waals surface area contributed by atoms with Gasteiger partial charge in [0.25, 0.3) is 5.91 Å². The van der Waals surface area contributed by atoms with Crippen molar-refractivity contribution in [1.29, 1.82) is 0 Å². The van der Waals surface area contributed by atoms with Gasteiger partial charge in [-0.15, -0.1) is 11.8 Å². The molecule has 3 rings (SSSR count). The zero-order valence-electron chi connectivity index (χ0n) is 16.3. The van der Waals surface area contributed by atoms with Crippen molar-refractivity contribution in [3.05, 3.63) is 59.4 Å². The molecule has 7 heteroatoms. The van der Waals surface area contributed by atoms with Crippen molar-refractivity contribution in [3.63, 3.8) is 0 Å². The number of para-hydroxylation sites is 2. The Morgan fingerprint density at radius 3 is 2.61 bits per heavy atom. The maximum absolute atomic E-state index is 12.3. The van der Waals surface area contributed by atoms with Crippen molar-refractivity contribution >= 4 is 34.6 Å². The first-order valence-electron chi connectivity index (χ1n) is 9.19. The fraction of sp³-hybridized carbons (Fsp3) is 0.286. The Labute approximate surface area is 168 Å². The van der Waals surface area contributed by atoms with Crippen LogP contribution in [0.4, 0.5) is 0 Å². The molecule has 0 aliphatic heterocycles. The van der Waals surface area contributed by atoms with E-state index >= 15 is 0 Å². The molecule has 2 N–H and O–H groups in total. The average Bonchev–Trinajstić information content (AvgIpc) is 3.04. The molecule has 0 radical (unpaired) electrons. The lowest BCUT2D eigenvalue weighted by Gasteiger charge is -2.11. The third kappa shape index (κ3) is 4.72. The van der Waals surface area contributed by atoms with Crippen LogP contribution in [0.15, 0.2) is 47.4 Å². The van der Waals surface area contributed by atoms with Gasteiger partial charge in [0, 0.05) is 11.3 Å². The van der Waals surface area contributed by atoms with Crippen LogP contribution in [-0.2, 0) is 22.6 Å². The zero-order chi connectivity index (χ0) is 20.1. The molecular formula is C21H24N4O2S. The highest BCUT2D eigenvalue weighted by atomic mass is 32.2. The van der Waals surface area contributed by atoms with E-state index in [1.165, 1.54) is 11.8 Å². The number of carbonyl (C=O) groups is 2. The molecule has 1 aromatic heterocycles. The summed E-state index contributed by atoms with van der Waals surface area (Å²) in [7, 11) is 0. The summed E-state index contributed by atoms with van der Waals surface area (Å²) < 4.78 is 1.88. The van der Waals surface area contributed by atoms with Gasteiger partial charge in [-0.3, -0.25) is 20.4 Å². The monoisotopic (exact) mass is 396 g/mol. The first-order chi connectivity index (χ1) is 13.5. The van der Waals surface area contributed by atoms with Gasteiger partial charge in [0.1, 0.15) is 12.4 Å². The number of fused-ring (bicyclic) bond motifs is 1. The van der Waals surface area contributed by atoms with Gasteiger partial charge in [-0.05, 0) is 37.6 Å². The summed E-state index contributed by atoms with van der Waals surface area (Å²) >= 11 is 1.46. The Hall–Kier alpha value is -2.80. The van der Waals surface area contributed by atoms with E-state index in [0.717, 1.165) is 39.3 Å². The number of thioether (sulfide) groups is 1. The minimum atomic E-state index is -0.289. The largest absolute Gasteiger partial charge is 0.318 e. The van der Waals surface area contributed by atoms with E-state index in [0.29, 0.717) is 0 Å². The van der Waals surface area contributed by atoms with Crippen LogP contribution >= 0.6 is 11.8 Å². The fourth-order valence-electron chi connectivity index (χ4n) is 2.94. The highest BCUT2D eigenvalue weighted by molar-refractivity contribution is 8.00. The maximum Gasteiger partial charge on any atom is 0.258 e. The van der Waals surface area contributed by atoms with Gasteiger partial charge in [0.2, 0.25) is 5.91 Å². The second-order valence-corrected chi connectivity index (χ2v) is 7.63. The molecule has 3 aromatic rings. The minimum Gasteiger partial charge on any atom is -0.318 e. The molecular weight excluding hydrogens is 372 g/mol. The van der Waals surface area contributed by atoms with E-state index in [2.05, 4.69) is 21.9 Å². The molecule has 28 heavy (non-hydrogen) atoms. The number of aryl methyl sites for hydroxylation is 3. The van der Waals surface area contributed by atoms with Crippen molar-refractivity contribution in [2.24, 2.45) is 0 Å². The number of nitrogens with one attached hydrogen (secondary N) is 2. The number of amides is 2. The number of hydrogen-bond acceptors (Lipinski definition) is 4. The predicted octanol–water partition coefficient (Wildman–Crippen LogP) is 3.16. The lowest BCUT2D eigenvalue weighted by molar-refractivity contribution is -0.128. The number of nitrogens with zero attached hydrogens (tertiary/aromatic N) is 2. The molecule has 0 spiro atoms. The summed E-state index contributed by atoms with van der Waals surface area (Å²) in [5.41, 5.74) is 9.05. The van der Waals surface area contributed by atoms with Gasteiger partial charge in [0.05, 0.1) is 16.8 Å². The van der Waals surface area contributed by atoms with E-state index in [1.54, 1.807) is 0 Å². The Bertz CT molecular complexity index is 1010. The van der Waals surface area contributed by atoms with Crippen molar-refractivity contribution in [3.8, 4) is 0 Å². The van der Waals surface area contributed by atoms with Gasteiger partial charge in [-0.2, -0.15) is 0 Å². The summed E-state index contributed by atoms with van der Waals surface area (Å²) in [6.45, 7) is 6.15. The fourth-order valence-corrected chi connectivity index (χ4v) is 3.86. The van der Waals surface area contributed by atoms with Crippen LogP contribution in [0.1, 0.15) is 23.9 Å². The normalized spacial score (nSPS) is 10.8. The summed E-state index contributed by atoms with van der Waals surface area (Å²) in [5, 5.41) is 0. The third-order valence-electron chi connectivity index (χ3n) is 4.40. The van der Waals surface area contributed by atoms with E-state index in [9.17, 15) is 9.59 Å². The van der Waals surface area contributed by atoms with Crippen LogP contribution in [0.5, 0.6) is 0 Å². The number of carbonyl (C=O) groups excluding carboxylic acids is 2. The SMILES string of the molecule is CCc1nc2ccccc2n1CC(=O)NNC(=O)CSc1cc(C)ccc1C. The van der Waals surface area contributed by atoms with Crippen molar-refractivity contribution in [1.82, 2.24) is 20.4 Å². The minimum absolute atomic E-state index is 0.105. The number of benzene rings is 2. The first-order valence-corrected chi connectivity index (χ1v) is 10.2. The van der Waals surface area contributed by atoms with Gasteiger partial charge >= 0.3 is 0 Å². The van der Waals surface area contributed by atoms with Crippen LogP contribution < -0.4 is 10.9 Å². The Kier molecular flexibility index (Phi) is 6.36. The molecule has 0 unspecified atom stereocenters. The molecule has 0 bridgehead atoms. The molecule has 6 nitrogen and oxygen atoms in total. The van der Waals surface area contributed by atoms with Gasteiger partial charge in [0.15, 0.2) is 0 Å². The first kappa shape index (κ1) is 19.9. The molecule has 0 aliphatic carbocycles. The van der Waals surface area contributed by atoms with Crippen LogP contribution in [0.3, 0.4) is 0 Å². The Morgan fingerprint density at radius 1 is 1.07 bits per heavy atom. The summed E-state index contributed by atoms with van der Waals surface area (Å²) in [4.78, 5) is 30.0. The van der Waals surface area contributed by atoms with Crippen molar-refractivity contribution < 1.29 is 9.59 Å². The van der Waals surface area contributed by atoms with Gasteiger partial charge in [-0.1, -0.05) is 36.8 Å². The molecule has 0 atom stereocenters. The lowest BCUT2D eigenvalue weighted by Crippen LogP contribution is -2.44. The van der Waals surface area contributed by atoms with Crippen LogP contribution in [0, 0.1) is 13.8 Å². The van der Waals surface area contributed by atoms with Crippen LogP contribution in [0.25, 0.3) is 11.0 Å². The van der Waals surface area contributed by atoms with E-state index in [1.807, 2.05) is 61.7 Å². The van der Waals surface area contributed by atoms with Crippen molar-refractivity contribution in [2.75, 3.05) is 5.75 Å². The Balaban J connectivity index is 1.54. The highest BCUT2D eigenvalue weighted by Crippen LogP contribution is 2.23. The summed E-state index contributed by atoms with van der Waals surface area (Å²) in [5.74, 6) is 0.542. The third-order valence-corrected chi connectivity index (χ3v) is 5.55.